The van der Waals surface area contributed by atoms with Gasteiger partial charge in [0.1, 0.15) is 0 Å². The zero-order chi connectivity index (χ0) is 18.7. The van der Waals surface area contributed by atoms with Crippen LogP contribution in [0.1, 0.15) is 25.7 Å². The summed E-state index contributed by atoms with van der Waals surface area (Å²) in [6, 6.07) is 0. The first-order valence-electron chi connectivity index (χ1n) is 9.48. The van der Waals surface area contributed by atoms with E-state index in [4.69, 9.17) is 15.2 Å². The van der Waals surface area contributed by atoms with Crippen LogP contribution in [0, 0.1) is 0 Å². The zero-order valence-corrected chi connectivity index (χ0v) is 19.0. The largest absolute Gasteiger partial charge is 0.379 e. The number of rotatable bonds is 10. The van der Waals surface area contributed by atoms with Gasteiger partial charge in [0.15, 0.2) is 5.96 Å². The molecule has 0 saturated carbocycles. The molecule has 4 N–H and O–H groups in total. The quantitative estimate of drug-likeness (QED) is 0.157. The fraction of sp³-hybridized carbons (Fsp3) is 0.938. The first-order valence-corrected chi connectivity index (χ1v) is 11.1. The number of guanidine groups is 1. The minimum Gasteiger partial charge on any atom is -0.379 e. The average molecular weight is 519 g/mol. The van der Waals surface area contributed by atoms with Gasteiger partial charge in [0, 0.05) is 45.9 Å². The van der Waals surface area contributed by atoms with Crippen LogP contribution in [0.25, 0.3) is 0 Å². The van der Waals surface area contributed by atoms with Gasteiger partial charge in [-0.3, -0.25) is 9.89 Å². The Labute approximate surface area is 179 Å². The highest BCUT2D eigenvalue weighted by Gasteiger charge is 2.17. The lowest BCUT2D eigenvalue weighted by Crippen LogP contribution is -2.41. The minimum atomic E-state index is -3.34. The Morgan fingerprint density at radius 3 is 2.70 bits per heavy atom. The van der Waals surface area contributed by atoms with Gasteiger partial charge in [0.25, 0.3) is 0 Å². The van der Waals surface area contributed by atoms with Crippen molar-refractivity contribution >= 4 is 40.0 Å². The Morgan fingerprint density at radius 1 is 1.22 bits per heavy atom. The van der Waals surface area contributed by atoms with E-state index in [1.54, 1.807) is 0 Å². The van der Waals surface area contributed by atoms with Crippen LogP contribution in [0.2, 0.25) is 0 Å². The lowest BCUT2D eigenvalue weighted by atomic mass is 10.1. The molecule has 0 bridgehead atoms. The standard InChI is InChI=1S/C16H33N5O4S.HI/c17-16(18-5-3-7-21-8-11-24-12-9-21)19-6-13-26(22,23)20-14-15-4-1-2-10-25-15;/h15,20H,1-14H2,(H3,17,18,19);1H. The maximum Gasteiger partial charge on any atom is 0.213 e. The topological polar surface area (TPSA) is 118 Å². The van der Waals surface area contributed by atoms with Gasteiger partial charge in [-0.05, 0) is 25.7 Å². The highest BCUT2D eigenvalue weighted by molar-refractivity contribution is 14.0. The Morgan fingerprint density at radius 2 is 2.00 bits per heavy atom. The summed E-state index contributed by atoms with van der Waals surface area (Å²) in [6.45, 7) is 6.41. The van der Waals surface area contributed by atoms with Crippen LogP contribution in [-0.4, -0.2) is 90.2 Å². The van der Waals surface area contributed by atoms with Gasteiger partial charge in [-0.25, -0.2) is 13.1 Å². The van der Waals surface area contributed by atoms with Crippen molar-refractivity contribution in [3.05, 3.63) is 0 Å². The zero-order valence-electron chi connectivity index (χ0n) is 15.9. The number of nitrogens with two attached hydrogens (primary N) is 1. The SMILES string of the molecule is I.NC(=NCCCN1CCOCC1)NCCS(=O)(=O)NCC1CCCCO1. The number of hydrogen-bond donors (Lipinski definition) is 3. The van der Waals surface area contributed by atoms with E-state index in [1.165, 1.54) is 0 Å². The molecule has 0 amide bonds. The van der Waals surface area contributed by atoms with Crippen LogP contribution in [0.3, 0.4) is 0 Å². The third-order valence-electron chi connectivity index (χ3n) is 4.50. The highest BCUT2D eigenvalue weighted by Crippen LogP contribution is 2.11. The second kappa shape index (κ2) is 13.9. The number of nitrogens with one attached hydrogen (secondary N) is 2. The highest BCUT2D eigenvalue weighted by atomic mass is 127. The van der Waals surface area contributed by atoms with Crippen molar-refractivity contribution < 1.29 is 17.9 Å². The summed E-state index contributed by atoms with van der Waals surface area (Å²) in [7, 11) is -3.34. The molecular weight excluding hydrogens is 485 g/mol. The summed E-state index contributed by atoms with van der Waals surface area (Å²) in [4.78, 5) is 6.58. The second-order valence-electron chi connectivity index (χ2n) is 6.66. The summed E-state index contributed by atoms with van der Waals surface area (Å²) in [5.41, 5.74) is 5.78. The first-order chi connectivity index (χ1) is 12.6. The van der Waals surface area contributed by atoms with Gasteiger partial charge < -0.3 is 20.5 Å². The van der Waals surface area contributed by atoms with E-state index in [1.807, 2.05) is 0 Å². The normalized spacial score (nSPS) is 22.2. The number of nitrogens with zero attached hydrogens (tertiary/aromatic N) is 2. The summed E-state index contributed by atoms with van der Waals surface area (Å²) in [5, 5.41) is 2.86. The fourth-order valence-electron chi connectivity index (χ4n) is 2.95. The predicted molar refractivity (Wildman–Crippen MR) is 117 cm³/mol. The van der Waals surface area contributed by atoms with Crippen molar-refractivity contribution in [3.8, 4) is 0 Å². The van der Waals surface area contributed by atoms with E-state index >= 15 is 0 Å². The molecule has 11 heteroatoms. The molecule has 1 atom stereocenters. The predicted octanol–water partition coefficient (Wildman–Crippen LogP) is -0.280. The third kappa shape index (κ3) is 11.4. The minimum absolute atomic E-state index is 0. The van der Waals surface area contributed by atoms with Crippen LogP contribution in [0.4, 0.5) is 0 Å². The monoisotopic (exact) mass is 519 g/mol. The lowest BCUT2D eigenvalue weighted by molar-refractivity contribution is 0.0200. The number of hydrogen-bond acceptors (Lipinski definition) is 6. The van der Waals surface area contributed by atoms with E-state index in [0.717, 1.165) is 58.5 Å². The Balaban J connectivity index is 0.00000364. The Hall–Kier alpha value is -0.210. The average Bonchev–Trinajstić information content (AvgIpc) is 2.65. The maximum absolute atomic E-state index is 12.0. The summed E-state index contributed by atoms with van der Waals surface area (Å²) in [6.07, 6.45) is 3.96. The molecule has 2 saturated heterocycles. The lowest BCUT2D eigenvalue weighted by Gasteiger charge is -2.26. The van der Waals surface area contributed by atoms with E-state index in [-0.39, 0.29) is 48.3 Å². The number of aliphatic imine (C=N–C) groups is 1. The molecular formula is C16H34IN5O4S. The van der Waals surface area contributed by atoms with Gasteiger partial charge in [-0.1, -0.05) is 0 Å². The maximum atomic E-state index is 12.0. The van der Waals surface area contributed by atoms with Crippen LogP contribution in [0.15, 0.2) is 4.99 Å². The summed E-state index contributed by atoms with van der Waals surface area (Å²) < 4.78 is 37.4. The van der Waals surface area contributed by atoms with Crippen LogP contribution < -0.4 is 15.8 Å². The number of morpholine rings is 1. The van der Waals surface area contributed by atoms with Gasteiger partial charge >= 0.3 is 0 Å². The molecule has 0 aromatic rings. The molecule has 27 heavy (non-hydrogen) atoms. The smallest absolute Gasteiger partial charge is 0.213 e. The van der Waals surface area contributed by atoms with Crippen molar-refractivity contribution in [2.45, 2.75) is 31.8 Å². The number of ether oxygens (including phenoxy) is 2. The molecule has 2 fully saturated rings. The third-order valence-corrected chi connectivity index (χ3v) is 5.85. The Kier molecular flexibility index (Phi) is 12.8. The molecule has 9 nitrogen and oxygen atoms in total. The van der Waals surface area contributed by atoms with Crippen LogP contribution in [-0.2, 0) is 19.5 Å². The summed E-state index contributed by atoms with van der Waals surface area (Å²) >= 11 is 0. The van der Waals surface area contributed by atoms with Crippen molar-refractivity contribution in [3.63, 3.8) is 0 Å². The van der Waals surface area contributed by atoms with E-state index in [0.29, 0.717) is 19.7 Å². The number of halogens is 1. The van der Waals surface area contributed by atoms with Gasteiger partial charge in [0.2, 0.25) is 10.0 Å². The second-order valence-corrected chi connectivity index (χ2v) is 8.58. The van der Waals surface area contributed by atoms with Crippen LogP contribution in [0.5, 0.6) is 0 Å². The van der Waals surface area contributed by atoms with Crippen LogP contribution >= 0.6 is 24.0 Å². The molecule has 2 heterocycles. The van der Waals surface area contributed by atoms with Crippen molar-refractivity contribution in [2.75, 3.05) is 64.8 Å². The Bertz CT molecular complexity index is 523. The van der Waals surface area contributed by atoms with Gasteiger partial charge in [-0.15, -0.1) is 24.0 Å². The molecule has 2 aliphatic heterocycles. The molecule has 0 aromatic carbocycles. The van der Waals surface area contributed by atoms with E-state index in [9.17, 15) is 8.42 Å². The van der Waals surface area contributed by atoms with Gasteiger partial charge in [-0.2, -0.15) is 0 Å². The fourth-order valence-corrected chi connectivity index (χ4v) is 3.90. The molecule has 0 aromatic heterocycles. The molecule has 0 aliphatic carbocycles. The van der Waals surface area contributed by atoms with E-state index in [2.05, 4.69) is 19.9 Å². The molecule has 1 unspecified atom stereocenters. The first kappa shape index (κ1) is 24.8. The van der Waals surface area contributed by atoms with Gasteiger partial charge in [0.05, 0.1) is 25.1 Å². The number of sulfonamides is 1. The molecule has 160 valence electrons. The molecule has 2 aliphatic rings. The van der Waals surface area contributed by atoms with Crippen molar-refractivity contribution in [2.24, 2.45) is 10.7 Å². The molecule has 0 spiro atoms. The molecule has 2 rings (SSSR count). The van der Waals surface area contributed by atoms with Crippen molar-refractivity contribution in [1.29, 1.82) is 0 Å². The van der Waals surface area contributed by atoms with E-state index < -0.39 is 10.0 Å². The molecule has 0 radical (unpaired) electrons. The summed E-state index contributed by atoms with van der Waals surface area (Å²) in [5.74, 6) is 0.252. The van der Waals surface area contributed by atoms with Crippen molar-refractivity contribution in [1.82, 2.24) is 14.9 Å².